The van der Waals surface area contributed by atoms with Crippen molar-refractivity contribution in [1.29, 1.82) is 0 Å². The Balaban J connectivity index is 1.44. The lowest BCUT2D eigenvalue weighted by molar-refractivity contribution is -0.144. The molecular weight excluding hydrogens is 423 g/mol. The summed E-state index contributed by atoms with van der Waals surface area (Å²) in [7, 11) is 0. The first-order valence-corrected chi connectivity index (χ1v) is 9.90. The van der Waals surface area contributed by atoms with Crippen LogP contribution in [0.1, 0.15) is 40.1 Å². The number of likely N-dealkylation sites (tertiary alicyclic amines) is 1. The maximum atomic E-state index is 12.8. The van der Waals surface area contributed by atoms with E-state index >= 15 is 0 Å². The van der Waals surface area contributed by atoms with Crippen molar-refractivity contribution in [2.24, 2.45) is 0 Å². The fourth-order valence-corrected chi connectivity index (χ4v) is 4.29. The molecule has 0 saturated carbocycles. The summed E-state index contributed by atoms with van der Waals surface area (Å²) in [5.74, 6) is -1.48. The Morgan fingerprint density at radius 3 is 2.63 bits per heavy atom. The molecule has 2 aromatic heterocycles. The zero-order valence-electron chi connectivity index (χ0n) is 15.4. The molecule has 1 saturated heterocycles. The van der Waals surface area contributed by atoms with Gasteiger partial charge in [0.05, 0.1) is 16.0 Å². The molecule has 3 aromatic rings. The van der Waals surface area contributed by atoms with E-state index in [4.69, 9.17) is 5.11 Å². The van der Waals surface area contributed by atoms with Crippen molar-refractivity contribution in [2.45, 2.75) is 24.9 Å². The molecule has 0 spiro atoms. The quantitative estimate of drug-likeness (QED) is 0.568. The Morgan fingerprint density at radius 2 is 1.97 bits per heavy atom. The highest BCUT2D eigenvalue weighted by molar-refractivity contribution is 7.10. The number of carbonyl (C=O) groups excluding carboxylic acids is 1. The Morgan fingerprint density at radius 1 is 1.23 bits per heavy atom. The summed E-state index contributed by atoms with van der Waals surface area (Å²) in [5, 5.41) is 14.0. The van der Waals surface area contributed by atoms with Gasteiger partial charge in [-0.3, -0.25) is 4.79 Å². The van der Waals surface area contributed by atoms with E-state index in [1.54, 1.807) is 5.38 Å². The lowest BCUT2D eigenvalue weighted by atomic mass is 9.98. The third-order valence-electron chi connectivity index (χ3n) is 4.88. The normalized spacial score (nSPS) is 15.5. The minimum absolute atomic E-state index is 0.0919. The highest BCUT2D eigenvalue weighted by Gasteiger charge is 2.34. The van der Waals surface area contributed by atoms with Crippen LogP contribution >= 0.6 is 11.3 Å². The van der Waals surface area contributed by atoms with Gasteiger partial charge in [-0.15, -0.1) is 11.3 Å². The number of nitrogens with zero attached hydrogens (tertiary/aromatic N) is 3. The van der Waals surface area contributed by atoms with Crippen LogP contribution in [0.3, 0.4) is 0 Å². The second kappa shape index (κ2) is 7.59. The summed E-state index contributed by atoms with van der Waals surface area (Å²) in [6, 6.07) is 4.24. The fourth-order valence-electron chi connectivity index (χ4n) is 3.31. The Kier molecular flexibility index (Phi) is 5.10. The predicted octanol–water partition coefficient (Wildman–Crippen LogP) is 4.15. The number of alkyl halides is 3. The number of rotatable bonds is 3. The first-order chi connectivity index (χ1) is 14.2. The van der Waals surface area contributed by atoms with E-state index in [1.165, 1.54) is 34.4 Å². The molecule has 3 heterocycles. The molecule has 1 aliphatic rings. The Hall–Kier alpha value is -3.15. The highest BCUT2D eigenvalue weighted by Crippen LogP contribution is 2.31. The van der Waals surface area contributed by atoms with Gasteiger partial charge in [0.15, 0.2) is 0 Å². The Labute approximate surface area is 171 Å². The largest absolute Gasteiger partial charge is 0.465 e. The summed E-state index contributed by atoms with van der Waals surface area (Å²) in [4.78, 5) is 34.9. The maximum absolute atomic E-state index is 12.8. The average molecular weight is 439 g/mol. The van der Waals surface area contributed by atoms with E-state index in [1.807, 2.05) is 0 Å². The molecule has 12 heteroatoms. The van der Waals surface area contributed by atoms with E-state index in [0.29, 0.717) is 31.6 Å². The van der Waals surface area contributed by atoms with Crippen LogP contribution in [-0.2, 0) is 6.18 Å². The number of benzene rings is 1. The summed E-state index contributed by atoms with van der Waals surface area (Å²) in [6.45, 7) is 0.844. The summed E-state index contributed by atoms with van der Waals surface area (Å²) < 4.78 is 38.3. The van der Waals surface area contributed by atoms with E-state index in [0.717, 1.165) is 5.01 Å². The standard InChI is InChI=1S/C18H16F3N5O3S/c19-18(20,21)16-24-11-2-1-10(7-12(11)25-16)22-14(27)13-8-30-15(23-13)9-3-5-26(6-4-9)17(28)29/h1-2,7-9H,3-6H2,(H,22,27)(H,24,25)(H,28,29). The number of H-pyrrole nitrogens is 1. The van der Waals surface area contributed by atoms with E-state index < -0.39 is 24.0 Å². The second-order valence-electron chi connectivity index (χ2n) is 6.88. The molecule has 0 atom stereocenters. The van der Waals surface area contributed by atoms with Crippen LogP contribution in [0, 0.1) is 0 Å². The lowest BCUT2D eigenvalue weighted by Gasteiger charge is -2.28. The number of carboxylic acid groups (broad SMARTS) is 1. The van der Waals surface area contributed by atoms with Gasteiger partial charge in [0.2, 0.25) is 5.82 Å². The van der Waals surface area contributed by atoms with Crippen LogP contribution in [0.4, 0.5) is 23.7 Å². The minimum Gasteiger partial charge on any atom is -0.465 e. The third-order valence-corrected chi connectivity index (χ3v) is 5.88. The smallest absolute Gasteiger partial charge is 0.449 e. The van der Waals surface area contributed by atoms with Crippen LogP contribution in [0.2, 0.25) is 0 Å². The van der Waals surface area contributed by atoms with Gasteiger partial charge < -0.3 is 20.3 Å². The number of anilines is 1. The number of carbonyl (C=O) groups is 2. The maximum Gasteiger partial charge on any atom is 0.449 e. The van der Waals surface area contributed by atoms with Crippen molar-refractivity contribution in [2.75, 3.05) is 18.4 Å². The number of nitrogens with one attached hydrogen (secondary N) is 2. The molecule has 0 aliphatic carbocycles. The van der Waals surface area contributed by atoms with Gasteiger partial charge in [0.1, 0.15) is 5.69 Å². The van der Waals surface area contributed by atoms with Crippen LogP contribution in [0.5, 0.6) is 0 Å². The zero-order valence-corrected chi connectivity index (χ0v) is 16.2. The number of thiazole rings is 1. The molecule has 0 bridgehead atoms. The van der Waals surface area contributed by atoms with Gasteiger partial charge in [0.25, 0.3) is 5.91 Å². The van der Waals surface area contributed by atoms with Gasteiger partial charge >= 0.3 is 12.3 Å². The molecule has 1 aliphatic heterocycles. The molecule has 1 aromatic carbocycles. The van der Waals surface area contributed by atoms with E-state index in [2.05, 4.69) is 20.3 Å². The highest BCUT2D eigenvalue weighted by atomic mass is 32.1. The number of aromatic nitrogens is 3. The lowest BCUT2D eigenvalue weighted by Crippen LogP contribution is -2.36. The van der Waals surface area contributed by atoms with Crippen LogP contribution < -0.4 is 5.32 Å². The average Bonchev–Trinajstić information content (AvgIpc) is 3.35. The van der Waals surface area contributed by atoms with Gasteiger partial charge in [-0.2, -0.15) is 13.2 Å². The molecule has 8 nitrogen and oxygen atoms in total. The molecular formula is C18H16F3N5O3S. The molecule has 4 rings (SSSR count). The number of hydrogen-bond acceptors (Lipinski definition) is 5. The van der Waals surface area contributed by atoms with Crippen molar-refractivity contribution in [3.63, 3.8) is 0 Å². The molecule has 158 valence electrons. The number of halogens is 3. The monoisotopic (exact) mass is 439 g/mol. The van der Waals surface area contributed by atoms with Crippen molar-refractivity contribution in [3.05, 3.63) is 40.1 Å². The van der Waals surface area contributed by atoms with E-state index in [9.17, 15) is 22.8 Å². The SMILES string of the molecule is O=C(Nc1ccc2nc(C(F)(F)F)[nH]c2c1)c1csc(C2CCN(C(=O)O)CC2)n1. The second-order valence-corrected chi connectivity index (χ2v) is 7.77. The summed E-state index contributed by atoms with van der Waals surface area (Å²) in [5.41, 5.74) is 0.818. The first kappa shape index (κ1) is 20.1. The number of hydrogen-bond donors (Lipinski definition) is 3. The van der Waals surface area contributed by atoms with Crippen molar-refractivity contribution < 1.29 is 27.9 Å². The van der Waals surface area contributed by atoms with Crippen LogP contribution in [0.25, 0.3) is 11.0 Å². The number of amides is 2. The van der Waals surface area contributed by atoms with Gasteiger partial charge in [-0.25, -0.2) is 14.8 Å². The van der Waals surface area contributed by atoms with Crippen LogP contribution in [0.15, 0.2) is 23.6 Å². The minimum atomic E-state index is -4.58. The molecule has 1 fully saturated rings. The number of piperidine rings is 1. The van der Waals surface area contributed by atoms with E-state index in [-0.39, 0.29) is 22.6 Å². The molecule has 0 unspecified atom stereocenters. The van der Waals surface area contributed by atoms with Crippen molar-refractivity contribution in [1.82, 2.24) is 19.9 Å². The summed E-state index contributed by atoms with van der Waals surface area (Å²) in [6.07, 6.45) is -4.25. The molecule has 3 N–H and O–H groups in total. The number of fused-ring (bicyclic) bond motifs is 1. The van der Waals surface area contributed by atoms with Crippen LogP contribution in [-0.4, -0.2) is 50.0 Å². The zero-order chi connectivity index (χ0) is 21.5. The molecule has 30 heavy (non-hydrogen) atoms. The first-order valence-electron chi connectivity index (χ1n) is 9.02. The van der Waals surface area contributed by atoms with Crippen molar-refractivity contribution in [3.8, 4) is 0 Å². The van der Waals surface area contributed by atoms with Crippen molar-refractivity contribution >= 4 is 40.1 Å². The van der Waals surface area contributed by atoms with Gasteiger partial charge in [0, 0.05) is 30.1 Å². The predicted molar refractivity (Wildman–Crippen MR) is 103 cm³/mol. The third kappa shape index (κ3) is 4.08. The van der Waals surface area contributed by atoms with Gasteiger partial charge in [-0.05, 0) is 31.0 Å². The summed E-state index contributed by atoms with van der Waals surface area (Å²) >= 11 is 1.33. The number of aromatic amines is 1. The fraction of sp³-hybridized carbons (Fsp3) is 0.333. The Bertz CT molecular complexity index is 1100. The number of imidazole rings is 1. The molecule has 2 amide bonds. The topological polar surface area (TPSA) is 111 Å². The van der Waals surface area contributed by atoms with Gasteiger partial charge in [-0.1, -0.05) is 0 Å². The molecule has 0 radical (unpaired) electrons.